The van der Waals surface area contributed by atoms with Gasteiger partial charge in [-0.2, -0.15) is 0 Å². The first kappa shape index (κ1) is 14.0. The molecule has 0 spiro atoms. The van der Waals surface area contributed by atoms with Gasteiger partial charge in [-0.05, 0) is 49.9 Å². The zero-order chi connectivity index (χ0) is 13.0. The molecule has 1 heterocycles. The normalized spacial score (nSPS) is 20.9. The SMILES string of the molecule is C[C@H](COc1ccc(Cl)c(Cl)c1)C[C@@H]1CCNC1. The van der Waals surface area contributed by atoms with Gasteiger partial charge in [-0.3, -0.25) is 0 Å². The van der Waals surface area contributed by atoms with Crippen LogP contribution in [0.4, 0.5) is 0 Å². The minimum atomic E-state index is 0.543. The first-order chi connectivity index (χ1) is 8.65. The summed E-state index contributed by atoms with van der Waals surface area (Å²) in [5.41, 5.74) is 0. The smallest absolute Gasteiger partial charge is 0.120 e. The van der Waals surface area contributed by atoms with Crippen LogP contribution in [0.3, 0.4) is 0 Å². The molecule has 2 atom stereocenters. The number of halogens is 2. The molecule has 18 heavy (non-hydrogen) atoms. The van der Waals surface area contributed by atoms with Crippen molar-refractivity contribution in [3.63, 3.8) is 0 Å². The van der Waals surface area contributed by atoms with Crippen LogP contribution in [0, 0.1) is 11.8 Å². The molecule has 1 aromatic carbocycles. The minimum absolute atomic E-state index is 0.543. The van der Waals surface area contributed by atoms with E-state index in [2.05, 4.69) is 12.2 Å². The fourth-order valence-corrected chi connectivity index (χ4v) is 2.65. The molecule has 0 radical (unpaired) electrons. The van der Waals surface area contributed by atoms with Gasteiger partial charge in [-0.25, -0.2) is 0 Å². The van der Waals surface area contributed by atoms with Gasteiger partial charge in [0, 0.05) is 6.07 Å². The van der Waals surface area contributed by atoms with Crippen LogP contribution in [-0.2, 0) is 0 Å². The van der Waals surface area contributed by atoms with Crippen LogP contribution in [0.5, 0.6) is 5.75 Å². The van der Waals surface area contributed by atoms with E-state index < -0.39 is 0 Å². The summed E-state index contributed by atoms with van der Waals surface area (Å²) in [6.45, 7) is 5.27. The van der Waals surface area contributed by atoms with Crippen LogP contribution in [0.2, 0.25) is 10.0 Å². The number of hydrogen-bond acceptors (Lipinski definition) is 2. The summed E-state index contributed by atoms with van der Waals surface area (Å²) in [4.78, 5) is 0. The van der Waals surface area contributed by atoms with Crippen molar-refractivity contribution in [2.45, 2.75) is 19.8 Å². The van der Waals surface area contributed by atoms with E-state index >= 15 is 0 Å². The zero-order valence-corrected chi connectivity index (χ0v) is 12.1. The second-order valence-corrected chi connectivity index (χ2v) is 5.90. The monoisotopic (exact) mass is 287 g/mol. The summed E-state index contributed by atoms with van der Waals surface area (Å²) in [6, 6.07) is 5.40. The maximum absolute atomic E-state index is 5.95. The van der Waals surface area contributed by atoms with Gasteiger partial charge in [0.1, 0.15) is 5.75 Å². The molecular formula is C14H19Cl2NO. The Hall–Kier alpha value is -0.440. The van der Waals surface area contributed by atoms with E-state index in [0.29, 0.717) is 16.0 Å². The number of benzene rings is 1. The van der Waals surface area contributed by atoms with Crippen molar-refractivity contribution in [2.24, 2.45) is 11.8 Å². The summed E-state index contributed by atoms with van der Waals surface area (Å²) < 4.78 is 5.75. The molecule has 1 N–H and O–H groups in total. The van der Waals surface area contributed by atoms with E-state index in [0.717, 1.165) is 31.4 Å². The van der Waals surface area contributed by atoms with Crippen molar-refractivity contribution in [3.05, 3.63) is 28.2 Å². The first-order valence-electron chi connectivity index (χ1n) is 6.43. The lowest BCUT2D eigenvalue weighted by Crippen LogP contribution is -2.15. The Kier molecular flexibility index (Phi) is 5.16. The third-order valence-electron chi connectivity index (χ3n) is 3.32. The van der Waals surface area contributed by atoms with Gasteiger partial charge in [-0.15, -0.1) is 0 Å². The van der Waals surface area contributed by atoms with Crippen molar-refractivity contribution in [1.82, 2.24) is 5.32 Å². The molecular weight excluding hydrogens is 269 g/mol. The van der Waals surface area contributed by atoms with Crippen LogP contribution in [0.1, 0.15) is 19.8 Å². The van der Waals surface area contributed by atoms with Crippen LogP contribution >= 0.6 is 23.2 Å². The molecule has 0 bridgehead atoms. The van der Waals surface area contributed by atoms with E-state index in [1.807, 2.05) is 6.07 Å². The van der Waals surface area contributed by atoms with Crippen molar-refractivity contribution < 1.29 is 4.74 Å². The molecule has 1 saturated heterocycles. The molecule has 0 amide bonds. The van der Waals surface area contributed by atoms with Crippen molar-refractivity contribution >= 4 is 23.2 Å². The predicted octanol–water partition coefficient (Wildman–Crippen LogP) is 4.01. The Balaban J connectivity index is 1.77. The summed E-state index contributed by atoms with van der Waals surface area (Å²) in [6.07, 6.45) is 2.51. The second kappa shape index (κ2) is 6.65. The summed E-state index contributed by atoms with van der Waals surface area (Å²) in [5, 5.41) is 4.50. The van der Waals surface area contributed by atoms with Crippen LogP contribution in [0.15, 0.2) is 18.2 Å². The highest BCUT2D eigenvalue weighted by atomic mass is 35.5. The highest BCUT2D eigenvalue weighted by Gasteiger charge is 2.17. The molecule has 0 unspecified atom stereocenters. The standard InChI is InChI=1S/C14H19Cl2NO/c1-10(6-11-4-5-17-8-11)9-18-12-2-3-13(15)14(16)7-12/h2-3,7,10-11,17H,4-6,8-9H2,1H3/t10-,11-/m0/s1. The molecule has 1 aromatic rings. The molecule has 1 fully saturated rings. The summed E-state index contributed by atoms with van der Waals surface area (Å²) >= 11 is 11.8. The minimum Gasteiger partial charge on any atom is -0.493 e. The van der Waals surface area contributed by atoms with Gasteiger partial charge in [0.15, 0.2) is 0 Å². The highest BCUT2D eigenvalue weighted by Crippen LogP contribution is 2.27. The largest absolute Gasteiger partial charge is 0.493 e. The molecule has 100 valence electrons. The summed E-state index contributed by atoms with van der Waals surface area (Å²) in [5.74, 6) is 2.16. The second-order valence-electron chi connectivity index (χ2n) is 5.09. The Morgan fingerprint density at radius 1 is 1.39 bits per heavy atom. The maximum Gasteiger partial charge on any atom is 0.120 e. The average Bonchev–Trinajstić information content (AvgIpc) is 2.83. The Bertz CT molecular complexity index is 391. The van der Waals surface area contributed by atoms with Crippen LogP contribution in [0.25, 0.3) is 0 Å². The Labute approximate surface area is 119 Å². The number of ether oxygens (including phenoxy) is 1. The molecule has 0 aliphatic carbocycles. The number of nitrogens with one attached hydrogen (secondary N) is 1. The molecule has 0 aromatic heterocycles. The van der Waals surface area contributed by atoms with Gasteiger partial charge < -0.3 is 10.1 Å². The van der Waals surface area contributed by atoms with Crippen molar-refractivity contribution in [3.8, 4) is 5.75 Å². The quantitative estimate of drug-likeness (QED) is 0.884. The molecule has 2 nitrogen and oxygen atoms in total. The van der Waals surface area contributed by atoms with Gasteiger partial charge in [0.05, 0.1) is 16.7 Å². The predicted molar refractivity (Wildman–Crippen MR) is 76.7 cm³/mol. The van der Waals surface area contributed by atoms with E-state index in [-0.39, 0.29) is 0 Å². The average molecular weight is 288 g/mol. The van der Waals surface area contributed by atoms with E-state index in [1.165, 1.54) is 12.8 Å². The lowest BCUT2D eigenvalue weighted by molar-refractivity contribution is 0.235. The fraction of sp³-hybridized carbons (Fsp3) is 0.571. The van der Waals surface area contributed by atoms with Gasteiger partial charge >= 0.3 is 0 Å². The Morgan fingerprint density at radius 2 is 2.22 bits per heavy atom. The lowest BCUT2D eigenvalue weighted by Gasteiger charge is -2.16. The molecule has 4 heteroatoms. The Morgan fingerprint density at radius 3 is 2.89 bits per heavy atom. The van der Waals surface area contributed by atoms with E-state index in [9.17, 15) is 0 Å². The third-order valence-corrected chi connectivity index (χ3v) is 4.06. The fourth-order valence-electron chi connectivity index (χ4n) is 2.36. The third kappa shape index (κ3) is 4.04. The highest BCUT2D eigenvalue weighted by molar-refractivity contribution is 6.42. The lowest BCUT2D eigenvalue weighted by atomic mass is 9.96. The van der Waals surface area contributed by atoms with Gasteiger partial charge in [-0.1, -0.05) is 30.1 Å². The van der Waals surface area contributed by atoms with E-state index in [1.54, 1.807) is 12.1 Å². The zero-order valence-electron chi connectivity index (χ0n) is 10.6. The first-order valence-corrected chi connectivity index (χ1v) is 7.19. The number of rotatable bonds is 5. The van der Waals surface area contributed by atoms with Gasteiger partial charge in [0.25, 0.3) is 0 Å². The van der Waals surface area contributed by atoms with Crippen LogP contribution in [-0.4, -0.2) is 19.7 Å². The number of hydrogen-bond donors (Lipinski definition) is 1. The van der Waals surface area contributed by atoms with Crippen LogP contribution < -0.4 is 10.1 Å². The molecule has 1 aliphatic rings. The van der Waals surface area contributed by atoms with E-state index in [4.69, 9.17) is 27.9 Å². The molecule has 0 saturated carbocycles. The maximum atomic E-state index is 5.95. The topological polar surface area (TPSA) is 21.3 Å². The summed E-state index contributed by atoms with van der Waals surface area (Å²) in [7, 11) is 0. The van der Waals surface area contributed by atoms with Crippen molar-refractivity contribution in [1.29, 1.82) is 0 Å². The molecule has 1 aliphatic heterocycles. The molecule has 2 rings (SSSR count). The van der Waals surface area contributed by atoms with Gasteiger partial charge in [0.2, 0.25) is 0 Å². The van der Waals surface area contributed by atoms with Crippen molar-refractivity contribution in [2.75, 3.05) is 19.7 Å².